The summed E-state index contributed by atoms with van der Waals surface area (Å²) in [6.07, 6.45) is 7.73. The highest BCUT2D eigenvalue weighted by molar-refractivity contribution is 5.03. The molecular formula is C8H10O2. The van der Waals surface area contributed by atoms with Gasteiger partial charge in [-0.2, -0.15) is 0 Å². The molecule has 0 aromatic rings. The molecule has 0 aromatic heterocycles. The Morgan fingerprint density at radius 3 is 3.30 bits per heavy atom. The van der Waals surface area contributed by atoms with Crippen molar-refractivity contribution in [3.8, 4) is 0 Å². The molecule has 1 heterocycles. The van der Waals surface area contributed by atoms with Crippen molar-refractivity contribution in [2.24, 2.45) is 0 Å². The van der Waals surface area contributed by atoms with E-state index in [0.29, 0.717) is 6.61 Å². The second-order valence-electron chi connectivity index (χ2n) is 1.90. The average molecular weight is 138 g/mol. The van der Waals surface area contributed by atoms with Gasteiger partial charge in [0, 0.05) is 6.42 Å². The topological polar surface area (TPSA) is 18.5 Å². The summed E-state index contributed by atoms with van der Waals surface area (Å²) in [7, 11) is 0. The van der Waals surface area contributed by atoms with Gasteiger partial charge in [-0.25, -0.2) is 0 Å². The molecule has 0 spiro atoms. The molecule has 0 aliphatic carbocycles. The van der Waals surface area contributed by atoms with Crippen LogP contribution in [0.3, 0.4) is 0 Å². The van der Waals surface area contributed by atoms with E-state index < -0.39 is 0 Å². The molecule has 0 fully saturated rings. The normalized spacial score (nSPS) is 19.0. The largest absolute Gasteiger partial charge is 0.494 e. The summed E-state index contributed by atoms with van der Waals surface area (Å²) in [4.78, 5) is 0. The Bertz CT molecular complexity index is 158. The van der Waals surface area contributed by atoms with E-state index in [0.717, 1.165) is 12.2 Å². The minimum atomic E-state index is 0.535. The van der Waals surface area contributed by atoms with E-state index in [4.69, 9.17) is 9.47 Å². The summed E-state index contributed by atoms with van der Waals surface area (Å²) in [6.45, 7) is 4.05. The smallest absolute Gasteiger partial charge is 0.141 e. The quantitative estimate of drug-likeness (QED) is 0.337. The van der Waals surface area contributed by atoms with E-state index in [-0.39, 0.29) is 0 Å². The Labute approximate surface area is 60.4 Å². The molecule has 2 nitrogen and oxygen atoms in total. The van der Waals surface area contributed by atoms with Gasteiger partial charge in [-0.15, -0.1) is 0 Å². The van der Waals surface area contributed by atoms with Crippen LogP contribution in [-0.2, 0) is 9.47 Å². The molecule has 1 rings (SSSR count). The zero-order valence-electron chi connectivity index (χ0n) is 5.75. The maximum Gasteiger partial charge on any atom is 0.141 e. The minimum Gasteiger partial charge on any atom is -0.494 e. The molecule has 0 N–H and O–H groups in total. The highest BCUT2D eigenvalue weighted by Crippen LogP contribution is 2.12. The fourth-order valence-corrected chi connectivity index (χ4v) is 0.633. The van der Waals surface area contributed by atoms with Crippen LogP contribution in [0.4, 0.5) is 0 Å². The fraction of sp³-hybridized carbons (Fsp3) is 0.250. The first kappa shape index (κ1) is 6.93. The van der Waals surface area contributed by atoms with Crippen molar-refractivity contribution >= 4 is 0 Å². The maximum atomic E-state index is 5.02. The van der Waals surface area contributed by atoms with E-state index in [1.807, 2.05) is 6.08 Å². The van der Waals surface area contributed by atoms with Gasteiger partial charge in [0.25, 0.3) is 0 Å². The lowest BCUT2D eigenvalue weighted by molar-refractivity contribution is 0.256. The lowest BCUT2D eigenvalue weighted by atomic mass is 10.4. The lowest BCUT2D eigenvalue weighted by Crippen LogP contribution is -1.83. The molecule has 10 heavy (non-hydrogen) atoms. The Morgan fingerprint density at radius 2 is 2.70 bits per heavy atom. The van der Waals surface area contributed by atoms with Crippen molar-refractivity contribution in [1.29, 1.82) is 0 Å². The SMILES string of the molecule is C=CCO/C=C1/CC=CO1. The third-order valence-electron chi connectivity index (χ3n) is 1.06. The number of ether oxygens (including phenoxy) is 2. The minimum absolute atomic E-state index is 0.535. The van der Waals surface area contributed by atoms with E-state index in [9.17, 15) is 0 Å². The first-order chi connectivity index (χ1) is 4.93. The Morgan fingerprint density at radius 1 is 1.80 bits per heavy atom. The Balaban J connectivity index is 2.20. The second-order valence-corrected chi connectivity index (χ2v) is 1.90. The molecule has 0 saturated carbocycles. The van der Waals surface area contributed by atoms with Crippen LogP contribution in [0, 0.1) is 0 Å². The van der Waals surface area contributed by atoms with Crippen LogP contribution < -0.4 is 0 Å². The van der Waals surface area contributed by atoms with Crippen LogP contribution in [-0.4, -0.2) is 6.61 Å². The van der Waals surface area contributed by atoms with Crippen LogP contribution in [0.25, 0.3) is 0 Å². The molecule has 0 bridgehead atoms. The van der Waals surface area contributed by atoms with Gasteiger partial charge in [-0.1, -0.05) is 12.7 Å². The average Bonchev–Trinajstić information content (AvgIpc) is 2.41. The molecule has 0 atom stereocenters. The first-order valence-corrected chi connectivity index (χ1v) is 3.16. The van der Waals surface area contributed by atoms with Crippen molar-refractivity contribution < 1.29 is 9.47 Å². The predicted molar refractivity (Wildman–Crippen MR) is 39.1 cm³/mol. The van der Waals surface area contributed by atoms with Crippen molar-refractivity contribution in [3.63, 3.8) is 0 Å². The fourth-order valence-electron chi connectivity index (χ4n) is 0.633. The van der Waals surface area contributed by atoms with Gasteiger partial charge < -0.3 is 9.47 Å². The van der Waals surface area contributed by atoms with Crippen molar-refractivity contribution in [2.75, 3.05) is 6.61 Å². The summed E-state index contributed by atoms with van der Waals surface area (Å²) in [6, 6.07) is 0. The molecule has 1 aliphatic rings. The predicted octanol–water partition coefficient (Wildman–Crippen LogP) is 1.96. The Kier molecular flexibility index (Phi) is 2.62. The first-order valence-electron chi connectivity index (χ1n) is 3.16. The molecular weight excluding hydrogens is 128 g/mol. The molecule has 1 aliphatic heterocycles. The zero-order valence-corrected chi connectivity index (χ0v) is 5.75. The summed E-state index contributed by atoms with van der Waals surface area (Å²) < 4.78 is 10.0. The van der Waals surface area contributed by atoms with E-state index in [2.05, 4.69) is 6.58 Å². The molecule has 0 amide bonds. The van der Waals surface area contributed by atoms with Gasteiger partial charge in [0.2, 0.25) is 0 Å². The van der Waals surface area contributed by atoms with Crippen molar-refractivity contribution in [1.82, 2.24) is 0 Å². The van der Waals surface area contributed by atoms with Crippen LogP contribution in [0.2, 0.25) is 0 Å². The maximum absolute atomic E-state index is 5.02. The van der Waals surface area contributed by atoms with Crippen LogP contribution in [0.15, 0.2) is 37.0 Å². The summed E-state index contributed by atoms with van der Waals surface area (Å²) in [5.74, 6) is 0.849. The molecule has 0 radical (unpaired) electrons. The zero-order chi connectivity index (χ0) is 7.23. The third-order valence-corrected chi connectivity index (χ3v) is 1.06. The summed E-state index contributed by atoms with van der Waals surface area (Å²) in [5, 5.41) is 0. The highest BCUT2D eigenvalue weighted by Gasteiger charge is 1.99. The number of hydrogen-bond donors (Lipinski definition) is 0. The lowest BCUT2D eigenvalue weighted by Gasteiger charge is -1.97. The molecule has 0 aromatic carbocycles. The van der Waals surface area contributed by atoms with Gasteiger partial charge in [0.15, 0.2) is 0 Å². The van der Waals surface area contributed by atoms with Crippen molar-refractivity contribution in [3.05, 3.63) is 37.0 Å². The van der Waals surface area contributed by atoms with Crippen LogP contribution >= 0.6 is 0 Å². The summed E-state index contributed by atoms with van der Waals surface area (Å²) >= 11 is 0. The molecule has 54 valence electrons. The monoisotopic (exact) mass is 138 g/mol. The van der Waals surface area contributed by atoms with Crippen LogP contribution in [0.1, 0.15) is 6.42 Å². The standard InChI is InChI=1S/C8H10O2/c1-2-5-9-7-8-4-3-6-10-8/h2-3,6-7H,1,4-5H2/b8-7-. The molecule has 0 saturated heterocycles. The number of hydrogen-bond acceptors (Lipinski definition) is 2. The Hall–Kier alpha value is -1.18. The van der Waals surface area contributed by atoms with Crippen LogP contribution in [0.5, 0.6) is 0 Å². The number of allylic oxidation sites excluding steroid dienone is 1. The van der Waals surface area contributed by atoms with E-state index in [1.165, 1.54) is 0 Å². The van der Waals surface area contributed by atoms with Gasteiger partial charge in [0.05, 0.1) is 6.26 Å². The number of rotatable bonds is 3. The van der Waals surface area contributed by atoms with E-state index >= 15 is 0 Å². The second kappa shape index (κ2) is 3.77. The molecule has 0 unspecified atom stereocenters. The van der Waals surface area contributed by atoms with Crippen molar-refractivity contribution in [2.45, 2.75) is 6.42 Å². The molecule has 2 heteroatoms. The van der Waals surface area contributed by atoms with E-state index in [1.54, 1.807) is 18.6 Å². The van der Waals surface area contributed by atoms with Gasteiger partial charge in [-0.05, 0) is 6.08 Å². The van der Waals surface area contributed by atoms with Gasteiger partial charge >= 0.3 is 0 Å². The van der Waals surface area contributed by atoms with Gasteiger partial charge in [-0.3, -0.25) is 0 Å². The third kappa shape index (κ3) is 1.97. The van der Waals surface area contributed by atoms with Gasteiger partial charge in [0.1, 0.15) is 18.6 Å². The highest BCUT2D eigenvalue weighted by atomic mass is 16.5. The summed E-state index contributed by atoms with van der Waals surface area (Å²) in [5.41, 5.74) is 0.